The molecule has 0 unspecified atom stereocenters. The van der Waals surface area contributed by atoms with Crippen LogP contribution in [0.25, 0.3) is 6.08 Å². The number of carbonyl (C=O) groups excluding carboxylic acids is 1. The van der Waals surface area contributed by atoms with Gasteiger partial charge in [-0.25, -0.2) is 0 Å². The first kappa shape index (κ1) is 11.6. The number of nitrogens with one attached hydrogen (secondary N) is 1. The zero-order chi connectivity index (χ0) is 11.4. The zero-order valence-corrected chi connectivity index (χ0v) is 10.4. The van der Waals surface area contributed by atoms with E-state index in [0.717, 1.165) is 29.5 Å². The van der Waals surface area contributed by atoms with E-state index in [2.05, 4.69) is 16.3 Å². The molecule has 0 spiro atoms. The average Bonchev–Trinajstić information content (AvgIpc) is 2.64. The Kier molecular flexibility index (Phi) is 3.98. The highest BCUT2D eigenvalue weighted by atomic mass is 35.5. The SMILES string of the molecule is O=C1CN(CC=Cc2cc(Cl)cs2)CCN1. The molecule has 1 aliphatic heterocycles. The van der Waals surface area contributed by atoms with E-state index in [0.29, 0.717) is 6.54 Å². The molecule has 0 aliphatic carbocycles. The Hall–Kier alpha value is -0.840. The number of rotatable bonds is 3. The first-order valence-electron chi connectivity index (χ1n) is 5.14. The minimum atomic E-state index is 0.110. The van der Waals surface area contributed by atoms with Crippen molar-refractivity contribution >= 4 is 34.9 Å². The minimum absolute atomic E-state index is 0.110. The smallest absolute Gasteiger partial charge is 0.234 e. The summed E-state index contributed by atoms with van der Waals surface area (Å²) in [6, 6.07) is 1.94. The van der Waals surface area contributed by atoms with Crippen molar-refractivity contribution in [2.75, 3.05) is 26.2 Å². The second-order valence-corrected chi connectivity index (χ2v) is 5.03. The van der Waals surface area contributed by atoms with Crippen molar-refractivity contribution in [1.29, 1.82) is 0 Å². The fraction of sp³-hybridized carbons (Fsp3) is 0.364. The highest BCUT2D eigenvalue weighted by molar-refractivity contribution is 7.11. The molecule has 1 saturated heterocycles. The second-order valence-electron chi connectivity index (χ2n) is 3.65. The van der Waals surface area contributed by atoms with Crippen LogP contribution in [0, 0.1) is 0 Å². The van der Waals surface area contributed by atoms with Crippen LogP contribution in [0.5, 0.6) is 0 Å². The van der Waals surface area contributed by atoms with Crippen LogP contribution in [0.2, 0.25) is 5.02 Å². The number of halogens is 1. The summed E-state index contributed by atoms with van der Waals surface area (Å²) in [6.07, 6.45) is 4.11. The van der Waals surface area contributed by atoms with Crippen molar-refractivity contribution in [3.8, 4) is 0 Å². The summed E-state index contributed by atoms with van der Waals surface area (Å²) in [6.45, 7) is 2.97. The van der Waals surface area contributed by atoms with Crippen LogP contribution >= 0.6 is 22.9 Å². The molecule has 1 fully saturated rings. The molecule has 0 radical (unpaired) electrons. The maximum Gasteiger partial charge on any atom is 0.234 e. The van der Waals surface area contributed by atoms with Gasteiger partial charge in [0.25, 0.3) is 0 Å². The van der Waals surface area contributed by atoms with Crippen LogP contribution in [0.4, 0.5) is 0 Å². The van der Waals surface area contributed by atoms with E-state index >= 15 is 0 Å². The summed E-state index contributed by atoms with van der Waals surface area (Å²) in [7, 11) is 0. The van der Waals surface area contributed by atoms with Crippen molar-refractivity contribution in [3.05, 3.63) is 27.4 Å². The van der Waals surface area contributed by atoms with Gasteiger partial charge in [-0.05, 0) is 12.1 Å². The van der Waals surface area contributed by atoms with E-state index in [1.54, 1.807) is 11.3 Å². The summed E-state index contributed by atoms with van der Waals surface area (Å²) < 4.78 is 0. The third kappa shape index (κ3) is 3.33. The lowest BCUT2D eigenvalue weighted by atomic mass is 10.3. The van der Waals surface area contributed by atoms with Gasteiger partial charge < -0.3 is 5.32 Å². The van der Waals surface area contributed by atoms with Gasteiger partial charge in [-0.2, -0.15) is 0 Å². The standard InChI is InChI=1S/C11H13ClN2OS/c12-9-6-10(16-8-9)2-1-4-14-5-3-13-11(15)7-14/h1-2,6,8H,3-5,7H2,(H,13,15). The summed E-state index contributed by atoms with van der Waals surface area (Å²) >= 11 is 7.44. The average molecular weight is 257 g/mol. The van der Waals surface area contributed by atoms with Crippen molar-refractivity contribution in [2.24, 2.45) is 0 Å². The Balaban J connectivity index is 1.82. The van der Waals surface area contributed by atoms with Gasteiger partial charge in [0.15, 0.2) is 0 Å². The van der Waals surface area contributed by atoms with Gasteiger partial charge in [0, 0.05) is 29.9 Å². The molecule has 2 heterocycles. The number of thiophene rings is 1. The van der Waals surface area contributed by atoms with Gasteiger partial charge in [-0.15, -0.1) is 11.3 Å². The molecule has 86 valence electrons. The van der Waals surface area contributed by atoms with Crippen LogP contribution in [0.1, 0.15) is 4.88 Å². The molecule has 1 amide bonds. The Morgan fingerprint density at radius 1 is 1.62 bits per heavy atom. The Bertz CT molecular complexity index is 402. The van der Waals surface area contributed by atoms with E-state index in [1.165, 1.54) is 0 Å². The summed E-state index contributed by atoms with van der Waals surface area (Å²) in [4.78, 5) is 14.4. The molecule has 3 nitrogen and oxygen atoms in total. The molecule has 1 aliphatic rings. The van der Waals surface area contributed by atoms with Crippen LogP contribution in [0.15, 0.2) is 17.5 Å². The fourth-order valence-corrected chi connectivity index (χ4v) is 2.58. The molecule has 1 aromatic heterocycles. The summed E-state index contributed by atoms with van der Waals surface area (Å²) in [5, 5.41) is 5.50. The van der Waals surface area contributed by atoms with Crippen LogP contribution in [-0.4, -0.2) is 37.0 Å². The third-order valence-electron chi connectivity index (χ3n) is 2.35. The predicted molar refractivity (Wildman–Crippen MR) is 67.8 cm³/mol. The van der Waals surface area contributed by atoms with E-state index in [9.17, 15) is 4.79 Å². The highest BCUT2D eigenvalue weighted by Gasteiger charge is 2.13. The molecule has 0 aromatic carbocycles. The van der Waals surface area contributed by atoms with Gasteiger partial charge in [-0.3, -0.25) is 9.69 Å². The van der Waals surface area contributed by atoms with E-state index < -0.39 is 0 Å². The predicted octanol–water partition coefficient (Wildman–Crippen LogP) is 1.85. The van der Waals surface area contributed by atoms with Crippen molar-refractivity contribution < 1.29 is 4.79 Å². The molecular formula is C11H13ClN2OS. The largest absolute Gasteiger partial charge is 0.354 e. The maximum atomic E-state index is 11.1. The number of piperazine rings is 1. The molecule has 0 bridgehead atoms. The molecule has 0 atom stereocenters. The van der Waals surface area contributed by atoms with E-state index in [-0.39, 0.29) is 5.91 Å². The molecule has 2 rings (SSSR count). The summed E-state index contributed by atoms with van der Waals surface area (Å²) in [5.41, 5.74) is 0. The van der Waals surface area contributed by atoms with Crippen molar-refractivity contribution in [3.63, 3.8) is 0 Å². The maximum absolute atomic E-state index is 11.1. The third-order valence-corrected chi connectivity index (χ3v) is 3.60. The van der Waals surface area contributed by atoms with Gasteiger partial charge in [0.2, 0.25) is 5.91 Å². The lowest BCUT2D eigenvalue weighted by Crippen LogP contribution is -2.47. The van der Waals surface area contributed by atoms with Crippen LogP contribution in [0.3, 0.4) is 0 Å². The van der Waals surface area contributed by atoms with Gasteiger partial charge in [-0.1, -0.05) is 17.7 Å². The van der Waals surface area contributed by atoms with Gasteiger partial charge in [0.1, 0.15) is 0 Å². The van der Waals surface area contributed by atoms with E-state index in [1.807, 2.05) is 17.5 Å². The number of amides is 1. The molecule has 0 saturated carbocycles. The highest BCUT2D eigenvalue weighted by Crippen LogP contribution is 2.20. The molecule has 16 heavy (non-hydrogen) atoms. The molecule has 1 N–H and O–H groups in total. The Labute approximate surface area is 104 Å². The number of hydrogen-bond donors (Lipinski definition) is 1. The Morgan fingerprint density at radius 3 is 3.19 bits per heavy atom. The first-order chi connectivity index (χ1) is 7.74. The van der Waals surface area contributed by atoms with Crippen molar-refractivity contribution in [1.82, 2.24) is 10.2 Å². The van der Waals surface area contributed by atoms with Crippen LogP contribution < -0.4 is 5.32 Å². The molecule has 5 heteroatoms. The minimum Gasteiger partial charge on any atom is -0.354 e. The number of nitrogens with zero attached hydrogens (tertiary/aromatic N) is 1. The molecular weight excluding hydrogens is 244 g/mol. The zero-order valence-electron chi connectivity index (χ0n) is 8.78. The fourth-order valence-electron chi connectivity index (χ4n) is 1.58. The van der Waals surface area contributed by atoms with Crippen LogP contribution in [-0.2, 0) is 4.79 Å². The molecule has 1 aromatic rings. The number of carbonyl (C=O) groups is 1. The van der Waals surface area contributed by atoms with Gasteiger partial charge in [0.05, 0.1) is 11.6 Å². The number of hydrogen-bond acceptors (Lipinski definition) is 3. The lowest BCUT2D eigenvalue weighted by Gasteiger charge is -2.24. The first-order valence-corrected chi connectivity index (χ1v) is 6.39. The van der Waals surface area contributed by atoms with Gasteiger partial charge >= 0.3 is 0 Å². The lowest BCUT2D eigenvalue weighted by molar-refractivity contribution is -0.123. The van der Waals surface area contributed by atoms with Crippen molar-refractivity contribution in [2.45, 2.75) is 0 Å². The summed E-state index contributed by atoms with van der Waals surface area (Å²) in [5.74, 6) is 0.110. The topological polar surface area (TPSA) is 32.3 Å². The second kappa shape index (κ2) is 5.48. The normalized spacial score (nSPS) is 17.9. The monoisotopic (exact) mass is 256 g/mol. The van der Waals surface area contributed by atoms with E-state index in [4.69, 9.17) is 11.6 Å². The Morgan fingerprint density at radius 2 is 2.50 bits per heavy atom. The quantitative estimate of drug-likeness (QED) is 0.895.